The van der Waals surface area contributed by atoms with E-state index in [4.69, 9.17) is 10.5 Å². The van der Waals surface area contributed by atoms with E-state index in [1.54, 1.807) is 24.3 Å². The number of halogens is 3. The van der Waals surface area contributed by atoms with Gasteiger partial charge >= 0.3 is 12.1 Å². The number of rotatable bonds is 6. The van der Waals surface area contributed by atoms with E-state index < -0.39 is 25.2 Å². The Morgan fingerprint density at radius 3 is 2.53 bits per heavy atom. The molecular weight excluding hydrogens is 263 g/mol. The molecule has 1 aromatic rings. The lowest BCUT2D eigenvalue weighted by atomic mass is 10.3. The molecule has 1 aromatic carbocycles. The molecule has 7 heteroatoms. The summed E-state index contributed by atoms with van der Waals surface area (Å²) in [6.07, 6.45) is -5.60. The highest BCUT2D eigenvalue weighted by Crippen LogP contribution is 2.20. The monoisotopic (exact) mass is 277 g/mol. The minimum absolute atomic E-state index is 0.000928. The molecule has 0 fully saturated rings. The van der Waals surface area contributed by atoms with Gasteiger partial charge in [-0.3, -0.25) is 4.79 Å². The zero-order valence-electron chi connectivity index (χ0n) is 10.1. The maximum absolute atomic E-state index is 11.8. The van der Waals surface area contributed by atoms with Gasteiger partial charge in [-0.1, -0.05) is 12.1 Å². The van der Waals surface area contributed by atoms with Crippen molar-refractivity contribution >= 4 is 11.7 Å². The standard InChI is InChI=1S/C12H14F3NO3/c13-12(14,15)6-8-19-11(17)5-7-18-10-4-2-1-3-9(10)16/h1-4H,5-8,16H2. The smallest absolute Gasteiger partial charge is 0.392 e. The molecule has 0 spiro atoms. The zero-order valence-corrected chi connectivity index (χ0v) is 10.1. The van der Waals surface area contributed by atoms with Gasteiger partial charge in [-0.2, -0.15) is 13.2 Å². The van der Waals surface area contributed by atoms with Crippen LogP contribution in [0, 0.1) is 0 Å². The number of ether oxygens (including phenoxy) is 2. The molecule has 0 saturated heterocycles. The Kier molecular flexibility index (Phi) is 5.47. The van der Waals surface area contributed by atoms with Gasteiger partial charge in [0, 0.05) is 0 Å². The summed E-state index contributed by atoms with van der Waals surface area (Å²) in [6, 6.07) is 6.71. The number of carbonyl (C=O) groups excluding carboxylic acids is 1. The van der Waals surface area contributed by atoms with Crippen LogP contribution in [0.4, 0.5) is 18.9 Å². The fourth-order valence-corrected chi connectivity index (χ4v) is 1.21. The van der Waals surface area contributed by atoms with Crippen LogP contribution in [0.1, 0.15) is 12.8 Å². The maximum atomic E-state index is 11.8. The van der Waals surface area contributed by atoms with E-state index in [9.17, 15) is 18.0 Å². The molecule has 0 unspecified atom stereocenters. The molecular formula is C12H14F3NO3. The molecule has 0 atom stereocenters. The molecule has 2 N–H and O–H groups in total. The molecule has 0 aliphatic heterocycles. The van der Waals surface area contributed by atoms with Gasteiger partial charge in [0.25, 0.3) is 0 Å². The Balaban J connectivity index is 2.19. The normalized spacial score (nSPS) is 11.1. The fraction of sp³-hybridized carbons (Fsp3) is 0.417. The summed E-state index contributed by atoms with van der Waals surface area (Å²) in [5, 5.41) is 0. The van der Waals surface area contributed by atoms with E-state index in [1.165, 1.54) is 0 Å². The van der Waals surface area contributed by atoms with Gasteiger partial charge < -0.3 is 15.2 Å². The lowest BCUT2D eigenvalue weighted by Crippen LogP contribution is -2.16. The van der Waals surface area contributed by atoms with Crippen LogP contribution in [0.15, 0.2) is 24.3 Å². The van der Waals surface area contributed by atoms with Crippen molar-refractivity contribution in [2.45, 2.75) is 19.0 Å². The number of nitrogens with two attached hydrogens (primary N) is 1. The Morgan fingerprint density at radius 1 is 1.21 bits per heavy atom. The highest BCUT2D eigenvalue weighted by Gasteiger charge is 2.27. The van der Waals surface area contributed by atoms with Crippen LogP contribution in [-0.4, -0.2) is 25.4 Å². The number of benzene rings is 1. The van der Waals surface area contributed by atoms with E-state index in [2.05, 4.69) is 4.74 Å². The topological polar surface area (TPSA) is 61.5 Å². The highest BCUT2D eigenvalue weighted by atomic mass is 19.4. The summed E-state index contributed by atoms with van der Waals surface area (Å²) < 4.78 is 45.0. The Hall–Kier alpha value is -1.92. The minimum Gasteiger partial charge on any atom is -0.491 e. The van der Waals surface area contributed by atoms with E-state index in [1.807, 2.05) is 0 Å². The predicted octanol–water partition coefficient (Wildman–Crippen LogP) is 2.53. The van der Waals surface area contributed by atoms with E-state index in [-0.39, 0.29) is 13.0 Å². The number of esters is 1. The van der Waals surface area contributed by atoms with Gasteiger partial charge in [-0.25, -0.2) is 0 Å². The third kappa shape index (κ3) is 6.54. The molecule has 0 bridgehead atoms. The second-order valence-corrected chi connectivity index (χ2v) is 3.72. The average molecular weight is 277 g/mol. The summed E-state index contributed by atoms with van der Waals surface area (Å²) in [5.74, 6) is -0.315. The summed E-state index contributed by atoms with van der Waals surface area (Å²) in [6.45, 7) is -0.672. The predicted molar refractivity (Wildman–Crippen MR) is 62.6 cm³/mol. The van der Waals surface area contributed by atoms with Crippen molar-refractivity contribution in [3.05, 3.63) is 24.3 Å². The van der Waals surface area contributed by atoms with Crippen molar-refractivity contribution in [1.29, 1.82) is 0 Å². The van der Waals surface area contributed by atoms with Crippen LogP contribution in [0.25, 0.3) is 0 Å². The van der Waals surface area contributed by atoms with Crippen molar-refractivity contribution in [1.82, 2.24) is 0 Å². The van der Waals surface area contributed by atoms with Crippen LogP contribution in [0.3, 0.4) is 0 Å². The first-order chi connectivity index (χ1) is 8.88. The van der Waals surface area contributed by atoms with E-state index in [0.29, 0.717) is 11.4 Å². The van der Waals surface area contributed by atoms with Crippen LogP contribution in [-0.2, 0) is 9.53 Å². The molecule has 19 heavy (non-hydrogen) atoms. The number of hydrogen-bond acceptors (Lipinski definition) is 4. The molecule has 0 heterocycles. The van der Waals surface area contributed by atoms with Gasteiger partial charge in [-0.15, -0.1) is 0 Å². The molecule has 106 valence electrons. The second-order valence-electron chi connectivity index (χ2n) is 3.72. The number of para-hydroxylation sites is 2. The van der Waals surface area contributed by atoms with Gasteiger partial charge in [0.1, 0.15) is 5.75 Å². The number of anilines is 1. The first-order valence-electron chi connectivity index (χ1n) is 5.58. The minimum atomic E-state index is -4.32. The molecule has 4 nitrogen and oxygen atoms in total. The lowest BCUT2D eigenvalue weighted by Gasteiger charge is -2.09. The van der Waals surface area contributed by atoms with E-state index in [0.717, 1.165) is 0 Å². The third-order valence-corrected chi connectivity index (χ3v) is 2.13. The molecule has 1 rings (SSSR count). The largest absolute Gasteiger partial charge is 0.491 e. The Labute approximate surface area is 108 Å². The number of hydrogen-bond donors (Lipinski definition) is 1. The van der Waals surface area contributed by atoms with Crippen molar-refractivity contribution in [2.24, 2.45) is 0 Å². The van der Waals surface area contributed by atoms with E-state index >= 15 is 0 Å². The Bertz CT molecular complexity index is 421. The molecule has 0 aliphatic rings. The van der Waals surface area contributed by atoms with Gasteiger partial charge in [0.2, 0.25) is 0 Å². The van der Waals surface area contributed by atoms with Gasteiger partial charge in [-0.05, 0) is 12.1 Å². The first-order valence-corrected chi connectivity index (χ1v) is 5.58. The summed E-state index contributed by atoms with van der Waals surface area (Å²) in [7, 11) is 0. The van der Waals surface area contributed by atoms with Crippen molar-refractivity contribution < 1.29 is 27.4 Å². The SMILES string of the molecule is Nc1ccccc1OCCC(=O)OCCC(F)(F)F. The zero-order chi connectivity index (χ0) is 14.3. The van der Waals surface area contributed by atoms with Crippen molar-refractivity contribution in [3.8, 4) is 5.75 Å². The fourth-order valence-electron chi connectivity index (χ4n) is 1.21. The Morgan fingerprint density at radius 2 is 1.89 bits per heavy atom. The van der Waals surface area contributed by atoms with Gasteiger partial charge in [0.05, 0.1) is 31.7 Å². The van der Waals surface area contributed by atoms with Crippen LogP contribution in [0.5, 0.6) is 5.75 Å². The quantitative estimate of drug-likeness (QED) is 0.641. The van der Waals surface area contributed by atoms with Crippen molar-refractivity contribution in [3.63, 3.8) is 0 Å². The van der Waals surface area contributed by atoms with Crippen LogP contribution in [0.2, 0.25) is 0 Å². The third-order valence-electron chi connectivity index (χ3n) is 2.13. The maximum Gasteiger partial charge on any atom is 0.392 e. The summed E-state index contributed by atoms with van der Waals surface area (Å²) in [4.78, 5) is 11.1. The molecule has 0 saturated carbocycles. The number of alkyl halides is 3. The summed E-state index contributed by atoms with van der Waals surface area (Å²) >= 11 is 0. The van der Waals surface area contributed by atoms with Crippen LogP contribution >= 0.6 is 0 Å². The van der Waals surface area contributed by atoms with Crippen LogP contribution < -0.4 is 10.5 Å². The number of nitrogen functional groups attached to an aromatic ring is 1. The molecule has 0 aliphatic carbocycles. The molecule has 0 amide bonds. The second kappa shape index (κ2) is 6.86. The lowest BCUT2D eigenvalue weighted by molar-refractivity contribution is -0.159. The first kappa shape index (κ1) is 15.1. The van der Waals surface area contributed by atoms with Gasteiger partial charge in [0.15, 0.2) is 0 Å². The average Bonchev–Trinajstić information content (AvgIpc) is 2.30. The molecule has 0 radical (unpaired) electrons. The number of carbonyl (C=O) groups is 1. The summed E-state index contributed by atoms with van der Waals surface area (Å²) in [5.41, 5.74) is 6.02. The highest BCUT2D eigenvalue weighted by molar-refractivity contribution is 5.69. The van der Waals surface area contributed by atoms with Crippen molar-refractivity contribution in [2.75, 3.05) is 18.9 Å². The molecule has 0 aromatic heterocycles.